The zero-order valence-electron chi connectivity index (χ0n) is 18.3. The van der Waals surface area contributed by atoms with Crippen LogP contribution in [0.2, 0.25) is 0 Å². The molecule has 0 saturated heterocycles. The molecule has 1 aromatic carbocycles. The van der Waals surface area contributed by atoms with E-state index in [1.165, 1.54) is 6.20 Å². The molecular formula is C22H33N5O4. The molecule has 0 radical (unpaired) electrons. The number of para-hydroxylation sites is 1. The van der Waals surface area contributed by atoms with Crippen molar-refractivity contribution in [2.75, 3.05) is 6.54 Å². The number of rotatable bonds is 8. The molecule has 2 aromatic rings. The number of aliphatic carboxylic acids is 1. The van der Waals surface area contributed by atoms with Gasteiger partial charge in [-0.1, -0.05) is 39.0 Å². The molecule has 9 heteroatoms. The highest BCUT2D eigenvalue weighted by atomic mass is 16.4. The maximum absolute atomic E-state index is 11.7. The highest BCUT2D eigenvalue weighted by molar-refractivity contribution is 5.96. The van der Waals surface area contributed by atoms with Gasteiger partial charge >= 0.3 is 5.97 Å². The van der Waals surface area contributed by atoms with Gasteiger partial charge in [0.15, 0.2) is 0 Å². The van der Waals surface area contributed by atoms with Crippen molar-refractivity contribution in [3.8, 4) is 0 Å². The number of nitrogens with two attached hydrogens (primary N) is 3. The number of aromatic nitrogens is 1. The summed E-state index contributed by atoms with van der Waals surface area (Å²) in [6, 6.07) is 7.73. The van der Waals surface area contributed by atoms with Gasteiger partial charge in [0.25, 0.3) is 0 Å². The van der Waals surface area contributed by atoms with Crippen LogP contribution in [0.5, 0.6) is 0 Å². The Morgan fingerprint density at radius 1 is 1.19 bits per heavy atom. The minimum Gasteiger partial charge on any atom is -0.480 e. The Hall–Kier alpha value is -3.04. The molecule has 0 spiro atoms. The van der Waals surface area contributed by atoms with Crippen molar-refractivity contribution in [2.45, 2.75) is 52.1 Å². The van der Waals surface area contributed by atoms with E-state index in [4.69, 9.17) is 22.3 Å². The Bertz CT molecular complexity index is 895. The lowest BCUT2D eigenvalue weighted by Crippen LogP contribution is -2.49. The molecule has 1 heterocycles. The summed E-state index contributed by atoms with van der Waals surface area (Å²) in [5.74, 6) is -1.91. The summed E-state index contributed by atoms with van der Waals surface area (Å²) in [7, 11) is 0. The summed E-state index contributed by atoms with van der Waals surface area (Å²) in [6.45, 7) is 6.22. The van der Waals surface area contributed by atoms with Gasteiger partial charge < -0.3 is 27.6 Å². The number of carboxylic acids is 1. The number of benzene rings is 1. The summed E-state index contributed by atoms with van der Waals surface area (Å²) >= 11 is 0. The van der Waals surface area contributed by atoms with Gasteiger partial charge in [-0.15, -0.1) is 0 Å². The zero-order valence-corrected chi connectivity index (χ0v) is 18.3. The fraction of sp³-hybridized carbons (Fsp3) is 0.455. The third-order valence-electron chi connectivity index (χ3n) is 4.36. The first-order valence-corrected chi connectivity index (χ1v) is 10.1. The van der Waals surface area contributed by atoms with Gasteiger partial charge in [-0.3, -0.25) is 14.6 Å². The Morgan fingerprint density at radius 2 is 1.84 bits per heavy atom. The molecule has 0 aliphatic carbocycles. The first-order valence-electron chi connectivity index (χ1n) is 10.1. The predicted molar refractivity (Wildman–Crippen MR) is 120 cm³/mol. The summed E-state index contributed by atoms with van der Waals surface area (Å²) in [5.41, 5.74) is 17.2. The Labute approximate surface area is 182 Å². The number of primary amides is 1. The Kier molecular flexibility index (Phi) is 10.0. The van der Waals surface area contributed by atoms with E-state index < -0.39 is 29.9 Å². The van der Waals surface area contributed by atoms with E-state index in [1.807, 2.05) is 45.0 Å². The number of nitrogens with zero attached hydrogens (tertiary/aromatic N) is 1. The van der Waals surface area contributed by atoms with Gasteiger partial charge in [0.05, 0.1) is 17.1 Å². The number of fused-ring (bicyclic) bond motifs is 1. The van der Waals surface area contributed by atoms with Gasteiger partial charge in [-0.05, 0) is 43.4 Å². The molecule has 0 aliphatic heterocycles. The minimum atomic E-state index is -1.04. The monoisotopic (exact) mass is 431 g/mol. The number of pyridine rings is 1. The van der Waals surface area contributed by atoms with Crippen molar-refractivity contribution in [1.82, 2.24) is 10.3 Å². The first-order chi connectivity index (χ1) is 14.4. The van der Waals surface area contributed by atoms with Crippen LogP contribution in [-0.4, -0.2) is 46.5 Å². The van der Waals surface area contributed by atoms with Crippen LogP contribution in [0.15, 0.2) is 36.5 Å². The van der Waals surface area contributed by atoms with Crippen LogP contribution < -0.4 is 22.5 Å². The quantitative estimate of drug-likeness (QED) is 0.419. The molecule has 31 heavy (non-hydrogen) atoms. The van der Waals surface area contributed by atoms with Crippen molar-refractivity contribution >= 4 is 28.7 Å². The number of carboxylic acid groups (broad SMARTS) is 1. The van der Waals surface area contributed by atoms with E-state index >= 15 is 0 Å². The van der Waals surface area contributed by atoms with E-state index in [9.17, 15) is 14.4 Å². The Balaban J connectivity index is 0.000000323. The normalized spacial score (nSPS) is 12.9. The lowest BCUT2D eigenvalue weighted by atomic mass is 9.88. The second-order valence-electron chi connectivity index (χ2n) is 8.48. The molecule has 170 valence electrons. The van der Waals surface area contributed by atoms with Crippen LogP contribution in [0.3, 0.4) is 0 Å². The van der Waals surface area contributed by atoms with Crippen LogP contribution in [0.4, 0.5) is 0 Å². The standard InChI is InChI=1S/C12H25N3O3.C10H8N2O/c1-12(2,3)7-9(11(17)18)15-10(16)8(14)5-4-6-13;11-10(13)8-5-7-3-1-2-4-9(7)12-6-8/h8-9H,4-7,13-14H2,1-3H3,(H,15,16)(H,17,18);1-6H,(H2,11,13)/t8-,9+;/m1./s1. The maximum Gasteiger partial charge on any atom is 0.326 e. The lowest BCUT2D eigenvalue weighted by Gasteiger charge is -2.25. The van der Waals surface area contributed by atoms with Crippen LogP contribution in [-0.2, 0) is 9.59 Å². The zero-order chi connectivity index (χ0) is 23.6. The van der Waals surface area contributed by atoms with Gasteiger partial charge in [0.2, 0.25) is 11.8 Å². The maximum atomic E-state index is 11.7. The number of carbonyl (C=O) groups excluding carboxylic acids is 2. The van der Waals surface area contributed by atoms with E-state index in [0.29, 0.717) is 31.4 Å². The SMILES string of the molecule is CC(C)(C)C[C@H](NC(=O)[C@H](N)CCCN)C(=O)O.NC(=O)c1cnc2ccccc2c1. The fourth-order valence-electron chi connectivity index (χ4n) is 2.77. The molecule has 9 nitrogen and oxygen atoms in total. The highest BCUT2D eigenvalue weighted by Gasteiger charge is 2.27. The largest absolute Gasteiger partial charge is 0.480 e. The van der Waals surface area contributed by atoms with Gasteiger partial charge in [-0.2, -0.15) is 0 Å². The summed E-state index contributed by atoms with van der Waals surface area (Å²) < 4.78 is 0. The molecule has 0 saturated carbocycles. The van der Waals surface area contributed by atoms with Crippen LogP contribution in [0, 0.1) is 5.41 Å². The van der Waals surface area contributed by atoms with Gasteiger partial charge in [-0.25, -0.2) is 4.79 Å². The smallest absolute Gasteiger partial charge is 0.326 e. The topological polar surface area (TPSA) is 174 Å². The molecule has 1 aromatic heterocycles. The molecular weight excluding hydrogens is 398 g/mol. The van der Waals surface area contributed by atoms with Crippen molar-refractivity contribution < 1.29 is 19.5 Å². The average Bonchev–Trinajstić information content (AvgIpc) is 2.70. The van der Waals surface area contributed by atoms with Crippen molar-refractivity contribution in [3.63, 3.8) is 0 Å². The molecule has 2 rings (SSSR count). The van der Waals surface area contributed by atoms with E-state index in [0.717, 1.165) is 10.9 Å². The van der Waals surface area contributed by atoms with Crippen molar-refractivity contribution in [2.24, 2.45) is 22.6 Å². The lowest BCUT2D eigenvalue weighted by molar-refractivity contribution is -0.142. The van der Waals surface area contributed by atoms with Crippen LogP contribution in [0.25, 0.3) is 10.9 Å². The molecule has 0 aliphatic rings. The molecule has 8 N–H and O–H groups in total. The van der Waals surface area contributed by atoms with E-state index in [1.54, 1.807) is 6.07 Å². The third-order valence-corrected chi connectivity index (χ3v) is 4.36. The molecule has 2 atom stereocenters. The minimum absolute atomic E-state index is 0.183. The average molecular weight is 432 g/mol. The van der Waals surface area contributed by atoms with Gasteiger partial charge in [0, 0.05) is 11.6 Å². The summed E-state index contributed by atoms with van der Waals surface area (Å²) in [4.78, 5) is 37.7. The summed E-state index contributed by atoms with van der Waals surface area (Å²) in [6.07, 6.45) is 2.96. The Morgan fingerprint density at radius 3 is 2.39 bits per heavy atom. The fourth-order valence-corrected chi connectivity index (χ4v) is 2.77. The summed E-state index contributed by atoms with van der Waals surface area (Å²) in [5, 5.41) is 12.5. The molecule has 0 fully saturated rings. The number of carbonyl (C=O) groups is 3. The second-order valence-corrected chi connectivity index (χ2v) is 8.48. The van der Waals surface area contributed by atoms with Crippen LogP contribution in [0.1, 0.15) is 50.4 Å². The third kappa shape index (κ3) is 9.54. The molecule has 2 amide bonds. The van der Waals surface area contributed by atoms with Crippen molar-refractivity contribution in [3.05, 3.63) is 42.1 Å². The predicted octanol–water partition coefficient (Wildman–Crippen LogP) is 1.39. The number of hydrogen-bond donors (Lipinski definition) is 5. The highest BCUT2D eigenvalue weighted by Crippen LogP contribution is 2.21. The van der Waals surface area contributed by atoms with E-state index in [2.05, 4.69) is 10.3 Å². The second kappa shape index (κ2) is 12.0. The number of hydrogen-bond acceptors (Lipinski definition) is 6. The van der Waals surface area contributed by atoms with Crippen LogP contribution >= 0.6 is 0 Å². The van der Waals surface area contributed by atoms with Gasteiger partial charge in [0.1, 0.15) is 6.04 Å². The van der Waals surface area contributed by atoms with Crippen molar-refractivity contribution in [1.29, 1.82) is 0 Å². The molecule has 0 bridgehead atoms. The first kappa shape index (κ1) is 26.0. The number of amides is 2. The number of nitrogens with one attached hydrogen (secondary N) is 1. The molecule has 0 unspecified atom stereocenters. The van der Waals surface area contributed by atoms with E-state index in [-0.39, 0.29) is 5.41 Å².